The molecule has 3 aromatic rings. The van der Waals surface area contributed by atoms with Gasteiger partial charge in [0.15, 0.2) is 0 Å². The fourth-order valence-electron chi connectivity index (χ4n) is 2.73. The average Bonchev–Trinajstić information content (AvgIpc) is 2.66. The van der Waals surface area contributed by atoms with E-state index in [4.69, 9.17) is 48.1 Å². The van der Waals surface area contributed by atoms with Crippen LogP contribution in [0.4, 0.5) is 5.95 Å². The highest BCUT2D eigenvalue weighted by Gasteiger charge is 2.21. The van der Waals surface area contributed by atoms with E-state index in [0.29, 0.717) is 57.0 Å². The fraction of sp³-hybridized carbons (Fsp3) is 0.278. The molecule has 0 bridgehead atoms. The molecule has 2 heterocycles. The lowest BCUT2D eigenvalue weighted by molar-refractivity contribution is 0.201. The highest BCUT2D eigenvalue weighted by Crippen LogP contribution is 2.45. The summed E-state index contributed by atoms with van der Waals surface area (Å²) in [7, 11) is 4.66. The van der Waals surface area contributed by atoms with Crippen molar-refractivity contribution in [1.29, 1.82) is 0 Å². The van der Waals surface area contributed by atoms with E-state index in [-0.39, 0.29) is 5.95 Å². The highest BCUT2D eigenvalue weighted by molar-refractivity contribution is 6.41. The van der Waals surface area contributed by atoms with Gasteiger partial charge in [-0.15, -0.1) is 0 Å². The van der Waals surface area contributed by atoms with Crippen LogP contribution < -0.4 is 15.2 Å². The Labute approximate surface area is 166 Å². The van der Waals surface area contributed by atoms with Crippen molar-refractivity contribution in [3.8, 4) is 22.8 Å². The number of methoxy groups -OCH3 is 3. The van der Waals surface area contributed by atoms with Crippen molar-refractivity contribution in [2.24, 2.45) is 0 Å². The second kappa shape index (κ2) is 8.12. The van der Waals surface area contributed by atoms with Crippen LogP contribution in [0.3, 0.4) is 0 Å². The quantitative estimate of drug-likeness (QED) is 0.662. The number of rotatable bonds is 6. The maximum absolute atomic E-state index is 6.53. The van der Waals surface area contributed by atoms with Crippen LogP contribution in [-0.2, 0) is 11.2 Å². The van der Waals surface area contributed by atoms with Gasteiger partial charge in [0.25, 0.3) is 0 Å². The van der Waals surface area contributed by atoms with Gasteiger partial charge in [0.1, 0.15) is 11.5 Å². The third-order valence-corrected chi connectivity index (χ3v) is 4.78. The van der Waals surface area contributed by atoms with Crippen LogP contribution in [0.15, 0.2) is 18.3 Å². The summed E-state index contributed by atoms with van der Waals surface area (Å²) in [6, 6.07) is 3.43. The second-order valence-corrected chi connectivity index (χ2v) is 6.40. The molecule has 0 amide bonds. The second-order valence-electron chi connectivity index (χ2n) is 5.65. The number of aromatic nitrogens is 3. The Balaban J connectivity index is 2.30. The van der Waals surface area contributed by atoms with Crippen LogP contribution in [0.1, 0.15) is 5.69 Å². The third-order valence-electron chi connectivity index (χ3n) is 4.03. The lowest BCUT2D eigenvalue weighted by Crippen LogP contribution is -2.04. The Kier molecular flexibility index (Phi) is 5.84. The van der Waals surface area contributed by atoms with Crippen LogP contribution in [0.2, 0.25) is 10.0 Å². The van der Waals surface area contributed by atoms with E-state index in [1.165, 1.54) is 14.2 Å². The van der Waals surface area contributed by atoms with Gasteiger partial charge < -0.3 is 19.9 Å². The number of anilines is 1. The topological polar surface area (TPSA) is 92.4 Å². The van der Waals surface area contributed by atoms with Gasteiger partial charge in [-0.2, -0.15) is 0 Å². The van der Waals surface area contributed by atoms with E-state index < -0.39 is 0 Å². The van der Waals surface area contributed by atoms with Gasteiger partial charge in [-0.05, 0) is 6.07 Å². The molecule has 0 unspecified atom stereocenters. The lowest BCUT2D eigenvalue weighted by Gasteiger charge is -2.15. The molecule has 0 aliphatic rings. The minimum Gasteiger partial charge on any atom is -0.495 e. The van der Waals surface area contributed by atoms with Crippen molar-refractivity contribution in [3.63, 3.8) is 0 Å². The van der Waals surface area contributed by atoms with E-state index in [0.717, 1.165) is 5.39 Å². The normalized spacial score (nSPS) is 11.0. The van der Waals surface area contributed by atoms with Gasteiger partial charge in [0.05, 0.1) is 47.8 Å². The summed E-state index contributed by atoms with van der Waals surface area (Å²) >= 11 is 13.1. The smallest absolute Gasteiger partial charge is 0.220 e. The summed E-state index contributed by atoms with van der Waals surface area (Å²) in [5.41, 5.74) is 8.15. The fourth-order valence-corrected chi connectivity index (χ4v) is 3.43. The van der Waals surface area contributed by atoms with Gasteiger partial charge in [-0.25, -0.2) is 9.97 Å². The van der Waals surface area contributed by atoms with Crippen LogP contribution in [0.5, 0.6) is 11.5 Å². The van der Waals surface area contributed by atoms with Crippen molar-refractivity contribution < 1.29 is 14.2 Å². The van der Waals surface area contributed by atoms with Crippen molar-refractivity contribution in [2.75, 3.05) is 33.7 Å². The number of nitrogen functional groups attached to an aromatic ring is 1. The predicted octanol–water partition coefficient (Wildman–Crippen LogP) is 3.79. The average molecular weight is 409 g/mol. The summed E-state index contributed by atoms with van der Waals surface area (Å²) in [6.45, 7) is 0.471. The number of pyridine rings is 1. The molecule has 0 atom stereocenters. The van der Waals surface area contributed by atoms with E-state index in [1.54, 1.807) is 25.4 Å². The highest BCUT2D eigenvalue weighted by atomic mass is 35.5. The number of halogens is 2. The monoisotopic (exact) mass is 408 g/mol. The summed E-state index contributed by atoms with van der Waals surface area (Å²) in [5.74, 6) is 1.04. The minimum absolute atomic E-state index is 0.176. The molecule has 0 radical (unpaired) electrons. The Morgan fingerprint density at radius 2 is 1.67 bits per heavy atom. The van der Waals surface area contributed by atoms with E-state index in [2.05, 4.69) is 9.97 Å². The zero-order valence-electron chi connectivity index (χ0n) is 15.0. The first-order valence-electron chi connectivity index (χ1n) is 8.01. The summed E-state index contributed by atoms with van der Waals surface area (Å²) in [5, 5.41) is 1.43. The van der Waals surface area contributed by atoms with Crippen LogP contribution in [0, 0.1) is 0 Å². The van der Waals surface area contributed by atoms with E-state index in [1.807, 2.05) is 0 Å². The Morgan fingerprint density at radius 3 is 2.26 bits per heavy atom. The third kappa shape index (κ3) is 3.71. The molecule has 0 saturated carbocycles. The van der Waals surface area contributed by atoms with Crippen molar-refractivity contribution in [2.45, 2.75) is 6.42 Å². The predicted molar refractivity (Wildman–Crippen MR) is 106 cm³/mol. The molecule has 0 fully saturated rings. The molecule has 0 aliphatic heterocycles. The zero-order valence-corrected chi connectivity index (χ0v) is 16.6. The maximum Gasteiger partial charge on any atom is 0.220 e. The van der Waals surface area contributed by atoms with Crippen LogP contribution in [0.25, 0.3) is 22.2 Å². The molecule has 3 rings (SSSR count). The first-order chi connectivity index (χ1) is 13.0. The van der Waals surface area contributed by atoms with E-state index >= 15 is 0 Å². The van der Waals surface area contributed by atoms with Gasteiger partial charge in [-0.3, -0.25) is 4.98 Å². The molecule has 2 N–H and O–H groups in total. The number of fused-ring (bicyclic) bond motifs is 1. The van der Waals surface area contributed by atoms with Crippen molar-refractivity contribution in [1.82, 2.24) is 15.0 Å². The van der Waals surface area contributed by atoms with Gasteiger partial charge in [0, 0.05) is 36.7 Å². The van der Waals surface area contributed by atoms with Gasteiger partial charge in [0.2, 0.25) is 5.95 Å². The summed E-state index contributed by atoms with van der Waals surface area (Å²) < 4.78 is 15.9. The molecule has 7 nitrogen and oxygen atoms in total. The summed E-state index contributed by atoms with van der Waals surface area (Å²) in [4.78, 5) is 13.1. The zero-order chi connectivity index (χ0) is 19.6. The van der Waals surface area contributed by atoms with Crippen molar-refractivity contribution >= 4 is 40.1 Å². The minimum atomic E-state index is 0.176. The molecular weight excluding hydrogens is 391 g/mol. The molecule has 0 saturated heterocycles. The molecule has 0 spiro atoms. The number of ether oxygens (including phenoxy) is 3. The number of benzene rings is 1. The molecule has 2 aromatic heterocycles. The molecule has 9 heteroatoms. The molecule has 27 heavy (non-hydrogen) atoms. The van der Waals surface area contributed by atoms with Crippen LogP contribution in [-0.4, -0.2) is 42.9 Å². The number of hydrogen-bond donors (Lipinski definition) is 1. The molecule has 142 valence electrons. The van der Waals surface area contributed by atoms with Gasteiger partial charge in [-0.1, -0.05) is 23.2 Å². The Hall–Kier alpha value is -2.35. The molecular formula is C18H18Cl2N4O3. The molecule has 0 aliphatic carbocycles. The van der Waals surface area contributed by atoms with Gasteiger partial charge >= 0.3 is 0 Å². The SMILES string of the molecule is COCCc1nc(-c2c(Cl)c(OC)cc(OC)c2Cl)cc2cnc(N)nc12. The molecule has 1 aromatic carbocycles. The summed E-state index contributed by atoms with van der Waals surface area (Å²) in [6.07, 6.45) is 2.17. The lowest BCUT2D eigenvalue weighted by atomic mass is 10.1. The number of hydrogen-bond acceptors (Lipinski definition) is 7. The number of nitrogens with two attached hydrogens (primary N) is 1. The first kappa shape index (κ1) is 19.4. The van der Waals surface area contributed by atoms with Crippen molar-refractivity contribution in [3.05, 3.63) is 34.1 Å². The first-order valence-corrected chi connectivity index (χ1v) is 8.77. The Bertz CT molecular complexity index is 970. The number of nitrogens with zero attached hydrogens (tertiary/aromatic N) is 3. The Morgan fingerprint density at radius 1 is 1.00 bits per heavy atom. The maximum atomic E-state index is 6.53. The van der Waals surface area contributed by atoms with E-state index in [9.17, 15) is 0 Å². The standard InChI is InChI=1S/C18H18Cl2N4O3/c1-25-5-4-10-17-9(8-22-18(21)24-17)6-11(23-10)14-15(19)12(26-2)7-13(27-3)16(14)20/h6-8H,4-5H2,1-3H3,(H2,21,22,24). The largest absolute Gasteiger partial charge is 0.495 e. The van der Waals surface area contributed by atoms with Crippen LogP contribution >= 0.6 is 23.2 Å².